The lowest BCUT2D eigenvalue weighted by atomic mass is 10.0. The lowest BCUT2D eigenvalue weighted by molar-refractivity contribution is -0.138. The van der Waals surface area contributed by atoms with Crippen LogP contribution in [0.2, 0.25) is 0 Å². The molecule has 0 N–H and O–H groups in total. The zero-order chi connectivity index (χ0) is 23.8. The van der Waals surface area contributed by atoms with Crippen molar-refractivity contribution in [3.8, 4) is 5.75 Å². The van der Waals surface area contributed by atoms with Gasteiger partial charge < -0.3 is 9.64 Å². The van der Waals surface area contributed by atoms with E-state index in [-0.39, 0.29) is 23.1 Å². The topological polar surface area (TPSA) is 25.4 Å². The van der Waals surface area contributed by atoms with Gasteiger partial charge in [0.15, 0.2) is 0 Å². The van der Waals surface area contributed by atoms with Gasteiger partial charge in [-0.15, -0.1) is 11.8 Å². The zero-order valence-corrected chi connectivity index (χ0v) is 18.7. The van der Waals surface area contributed by atoms with Crippen molar-refractivity contribution in [3.05, 3.63) is 47.7 Å². The minimum atomic E-state index is -4.44. The molecule has 180 valence electrons. The molecule has 2 atom stereocenters. The van der Waals surface area contributed by atoms with Crippen molar-refractivity contribution in [2.75, 3.05) is 11.5 Å². The van der Waals surface area contributed by atoms with Gasteiger partial charge in [0, 0.05) is 28.4 Å². The molecule has 1 aromatic carbocycles. The molecule has 2 fully saturated rings. The summed E-state index contributed by atoms with van der Waals surface area (Å²) in [4.78, 5) is 6.86. The maximum absolute atomic E-state index is 13.1. The van der Waals surface area contributed by atoms with E-state index in [0.717, 1.165) is 50.1 Å². The van der Waals surface area contributed by atoms with Crippen molar-refractivity contribution in [2.45, 2.75) is 73.6 Å². The molecule has 0 aliphatic carbocycles. The first kappa shape index (κ1) is 24.0. The number of aromatic nitrogens is 1. The number of pyridine rings is 1. The van der Waals surface area contributed by atoms with Crippen LogP contribution < -0.4 is 9.64 Å². The highest BCUT2D eigenvalue weighted by atomic mass is 32.2. The Kier molecular flexibility index (Phi) is 6.75. The molecule has 33 heavy (non-hydrogen) atoms. The molecule has 2 aliphatic heterocycles. The largest absolute Gasteiger partial charge is 0.492 e. The second-order valence-electron chi connectivity index (χ2n) is 8.41. The first-order chi connectivity index (χ1) is 15.6. The minimum absolute atomic E-state index is 0.139. The lowest BCUT2D eigenvalue weighted by Gasteiger charge is -2.39. The maximum atomic E-state index is 13.1. The van der Waals surface area contributed by atoms with Crippen LogP contribution in [0.5, 0.6) is 5.75 Å². The van der Waals surface area contributed by atoms with E-state index < -0.39 is 23.5 Å². The van der Waals surface area contributed by atoms with Crippen LogP contribution in [0.1, 0.15) is 50.2 Å². The van der Waals surface area contributed by atoms with E-state index in [2.05, 4.69) is 9.88 Å². The number of fused-ring (bicyclic) bond motifs is 2. The van der Waals surface area contributed by atoms with Crippen LogP contribution in [0.4, 0.5) is 32.2 Å². The fraction of sp³-hybridized carbons (Fsp3) is 0.522. The number of halogens is 6. The number of thioether (sulfide) groups is 1. The SMILES string of the molecule is CCCOc1cc(C(F)(F)F)ccc1SC1CC2CCC(C1)N2c1ccc(C(F)(F)F)cn1. The highest BCUT2D eigenvalue weighted by Crippen LogP contribution is 2.46. The van der Waals surface area contributed by atoms with Gasteiger partial charge >= 0.3 is 12.4 Å². The number of nitrogens with zero attached hydrogens (tertiary/aromatic N) is 2. The number of hydrogen-bond acceptors (Lipinski definition) is 4. The third-order valence-corrected chi connectivity index (χ3v) is 7.37. The Morgan fingerprint density at radius 3 is 2.15 bits per heavy atom. The molecule has 2 aromatic rings. The smallest absolute Gasteiger partial charge is 0.417 e. The van der Waals surface area contributed by atoms with Gasteiger partial charge in [0.25, 0.3) is 0 Å². The van der Waals surface area contributed by atoms with E-state index in [1.54, 1.807) is 0 Å². The van der Waals surface area contributed by atoms with Crippen LogP contribution >= 0.6 is 11.8 Å². The zero-order valence-electron chi connectivity index (χ0n) is 17.9. The van der Waals surface area contributed by atoms with Crippen LogP contribution in [0.25, 0.3) is 0 Å². The second kappa shape index (κ2) is 9.27. The summed E-state index contributed by atoms with van der Waals surface area (Å²) in [6.07, 6.45) is -3.93. The second-order valence-corrected chi connectivity index (χ2v) is 9.76. The Hall–Kier alpha value is -2.10. The van der Waals surface area contributed by atoms with Crippen molar-refractivity contribution in [1.82, 2.24) is 4.98 Å². The van der Waals surface area contributed by atoms with Gasteiger partial charge in [-0.2, -0.15) is 26.3 Å². The molecule has 10 heteroatoms. The van der Waals surface area contributed by atoms with Crippen molar-refractivity contribution in [3.63, 3.8) is 0 Å². The fourth-order valence-corrected chi connectivity index (χ4v) is 5.97. The number of rotatable bonds is 6. The molecule has 3 nitrogen and oxygen atoms in total. The molecule has 0 saturated carbocycles. The molecule has 2 aliphatic rings. The maximum Gasteiger partial charge on any atom is 0.417 e. The van der Waals surface area contributed by atoms with Gasteiger partial charge in [0.05, 0.1) is 17.7 Å². The predicted molar refractivity (Wildman–Crippen MR) is 115 cm³/mol. The third kappa shape index (κ3) is 5.36. The van der Waals surface area contributed by atoms with Gasteiger partial charge in [0.1, 0.15) is 11.6 Å². The van der Waals surface area contributed by atoms with E-state index in [4.69, 9.17) is 4.74 Å². The van der Waals surface area contributed by atoms with Gasteiger partial charge in [0.2, 0.25) is 0 Å². The molecule has 1 aromatic heterocycles. The lowest BCUT2D eigenvalue weighted by Crippen LogP contribution is -2.44. The summed E-state index contributed by atoms with van der Waals surface area (Å²) in [5.74, 6) is 0.788. The summed E-state index contributed by atoms with van der Waals surface area (Å²) in [6, 6.07) is 6.38. The van der Waals surface area contributed by atoms with E-state index in [0.29, 0.717) is 23.7 Å². The van der Waals surface area contributed by atoms with Crippen LogP contribution in [-0.2, 0) is 12.4 Å². The highest BCUT2D eigenvalue weighted by molar-refractivity contribution is 8.00. The van der Waals surface area contributed by atoms with Crippen LogP contribution in [0.3, 0.4) is 0 Å². The van der Waals surface area contributed by atoms with E-state index in [1.165, 1.54) is 23.9 Å². The molecular weight excluding hydrogens is 466 g/mol. The van der Waals surface area contributed by atoms with E-state index >= 15 is 0 Å². The number of anilines is 1. The Labute approximate surface area is 192 Å². The molecule has 0 amide bonds. The van der Waals surface area contributed by atoms with Crippen molar-refractivity contribution < 1.29 is 31.1 Å². The minimum Gasteiger partial charge on any atom is -0.492 e. The van der Waals surface area contributed by atoms with Crippen molar-refractivity contribution >= 4 is 17.6 Å². The van der Waals surface area contributed by atoms with Gasteiger partial charge in [-0.1, -0.05) is 6.92 Å². The van der Waals surface area contributed by atoms with E-state index in [9.17, 15) is 26.3 Å². The summed E-state index contributed by atoms with van der Waals surface area (Å²) in [7, 11) is 0. The monoisotopic (exact) mass is 490 g/mol. The summed E-state index contributed by atoms with van der Waals surface area (Å²) < 4.78 is 83.6. The highest BCUT2D eigenvalue weighted by Gasteiger charge is 2.42. The van der Waals surface area contributed by atoms with Gasteiger partial charge in [-0.3, -0.25) is 0 Å². The van der Waals surface area contributed by atoms with Crippen molar-refractivity contribution in [1.29, 1.82) is 0 Å². The number of piperidine rings is 1. The molecule has 0 radical (unpaired) electrons. The number of hydrogen-bond donors (Lipinski definition) is 0. The molecule has 0 spiro atoms. The fourth-order valence-electron chi connectivity index (χ4n) is 4.59. The summed E-state index contributed by atoms with van der Waals surface area (Å²) in [5, 5.41) is 0.175. The molecule has 2 unspecified atom stereocenters. The summed E-state index contributed by atoms with van der Waals surface area (Å²) in [6.45, 7) is 2.22. The molecule has 3 heterocycles. The summed E-state index contributed by atoms with van der Waals surface area (Å²) >= 11 is 1.52. The average Bonchev–Trinajstić information content (AvgIpc) is 3.02. The summed E-state index contributed by atoms with van der Waals surface area (Å²) in [5.41, 5.74) is -1.51. The standard InChI is InChI=1S/C23H24F6N2OS/c1-2-9-32-19-10-14(22(24,25)26)3-7-20(19)33-18-11-16-5-6-17(12-18)31(16)21-8-4-15(13-30-21)23(27,28)29/h3-4,7-8,10,13,16-18H,2,5-6,9,11-12H2,1H3. The first-order valence-corrected chi connectivity index (χ1v) is 11.8. The van der Waals surface area contributed by atoms with Gasteiger partial charge in [-0.05, 0) is 62.4 Å². The Bertz CT molecular complexity index is 949. The van der Waals surface area contributed by atoms with Crippen LogP contribution in [0.15, 0.2) is 41.4 Å². The quantitative estimate of drug-likeness (QED) is 0.400. The van der Waals surface area contributed by atoms with Crippen LogP contribution in [0, 0.1) is 0 Å². The Balaban J connectivity index is 1.48. The van der Waals surface area contributed by atoms with Crippen molar-refractivity contribution in [2.24, 2.45) is 0 Å². The Morgan fingerprint density at radius 1 is 0.970 bits per heavy atom. The number of ether oxygens (including phenoxy) is 1. The molecule has 4 rings (SSSR count). The normalized spacial score (nSPS) is 23.1. The average molecular weight is 491 g/mol. The van der Waals surface area contributed by atoms with Gasteiger partial charge in [-0.25, -0.2) is 4.98 Å². The first-order valence-electron chi connectivity index (χ1n) is 10.9. The molecular formula is C23H24F6N2OS. The van der Waals surface area contributed by atoms with E-state index in [1.807, 2.05) is 6.92 Å². The Morgan fingerprint density at radius 2 is 1.61 bits per heavy atom. The third-order valence-electron chi connectivity index (χ3n) is 6.06. The van der Waals surface area contributed by atoms with Crippen LogP contribution in [-0.4, -0.2) is 28.9 Å². The molecule has 2 bridgehead atoms. The predicted octanol–water partition coefficient (Wildman–Crippen LogP) is 7.20. The number of alkyl halides is 6. The molecule has 2 saturated heterocycles. The number of benzene rings is 1.